The van der Waals surface area contributed by atoms with Crippen molar-refractivity contribution >= 4 is 11.7 Å². The molecule has 2 heterocycles. The molecule has 0 amide bonds. The number of carboxylic acid groups (broad SMARTS) is 1. The normalized spacial score (nSPS) is 19.2. The smallest absolute Gasteiger partial charge is 0.341 e. The third kappa shape index (κ3) is 6.79. The Labute approximate surface area is 260 Å². The third-order valence-electron chi connectivity index (χ3n) is 9.24. The van der Waals surface area contributed by atoms with Gasteiger partial charge in [-0.25, -0.2) is 4.79 Å². The van der Waals surface area contributed by atoms with E-state index in [2.05, 4.69) is 113 Å². The standard InChI is InChI=1S/C36H39N3O3.C2H2/c1-2-27-20-31(36(41)42)35(40)37-34(27)28-16-18-30(19-17-28)38-23-29-14-9-15-33(32(29)24-38)39(21-25-10-5-3-6-11-25)22-26-12-7-4-8-13-26;1-2/h3-8,10-13,16-20,29,32-33H,2,9,14-15,21-24H2,1H3,(H,37,40)(H,41,42);1-2H/t29?,32?,33-;/m1./s1. The van der Waals surface area contributed by atoms with Crippen LogP contribution in [0.2, 0.25) is 0 Å². The summed E-state index contributed by atoms with van der Waals surface area (Å²) >= 11 is 0. The minimum absolute atomic E-state index is 0.213. The molecule has 0 radical (unpaired) electrons. The van der Waals surface area contributed by atoms with E-state index < -0.39 is 11.5 Å². The van der Waals surface area contributed by atoms with Gasteiger partial charge in [-0.15, -0.1) is 12.8 Å². The molecule has 1 aliphatic carbocycles. The second-order valence-electron chi connectivity index (χ2n) is 11.8. The van der Waals surface area contributed by atoms with Crippen LogP contribution in [0.15, 0.2) is 95.8 Å². The molecule has 2 fully saturated rings. The maximum Gasteiger partial charge on any atom is 0.341 e. The van der Waals surface area contributed by atoms with Gasteiger partial charge in [0.1, 0.15) is 5.56 Å². The van der Waals surface area contributed by atoms with Crippen LogP contribution in [0.1, 0.15) is 53.2 Å². The van der Waals surface area contributed by atoms with Crippen LogP contribution in [0, 0.1) is 24.7 Å². The zero-order valence-electron chi connectivity index (χ0n) is 25.4. The summed E-state index contributed by atoms with van der Waals surface area (Å²) in [6.07, 6.45) is 12.4. The molecule has 2 unspecified atom stereocenters. The van der Waals surface area contributed by atoms with Gasteiger partial charge in [-0.3, -0.25) is 9.69 Å². The Balaban J connectivity index is 0.00000188. The summed E-state index contributed by atoms with van der Waals surface area (Å²) in [4.78, 5) is 32.0. The molecule has 1 saturated heterocycles. The topological polar surface area (TPSA) is 76.6 Å². The van der Waals surface area contributed by atoms with Crippen molar-refractivity contribution in [3.63, 3.8) is 0 Å². The van der Waals surface area contributed by atoms with Gasteiger partial charge in [-0.2, -0.15) is 0 Å². The number of nitrogens with zero attached hydrogens (tertiary/aromatic N) is 2. The number of hydrogen-bond acceptors (Lipinski definition) is 4. The molecule has 1 aromatic heterocycles. The molecule has 6 heteroatoms. The molecule has 1 aliphatic heterocycles. The van der Waals surface area contributed by atoms with Crippen LogP contribution >= 0.6 is 0 Å². The van der Waals surface area contributed by atoms with Gasteiger partial charge in [0.15, 0.2) is 0 Å². The van der Waals surface area contributed by atoms with Gasteiger partial charge in [0.25, 0.3) is 5.56 Å². The average Bonchev–Trinajstić information content (AvgIpc) is 3.51. The van der Waals surface area contributed by atoms with Crippen molar-refractivity contribution in [1.29, 1.82) is 0 Å². The van der Waals surface area contributed by atoms with E-state index in [1.54, 1.807) is 0 Å². The van der Waals surface area contributed by atoms with Crippen LogP contribution < -0.4 is 10.5 Å². The molecule has 2 aliphatic rings. The fourth-order valence-electron chi connectivity index (χ4n) is 7.14. The Kier molecular flexibility index (Phi) is 9.99. The van der Waals surface area contributed by atoms with Crippen molar-refractivity contribution in [3.8, 4) is 24.1 Å². The summed E-state index contributed by atoms with van der Waals surface area (Å²) in [6, 6.07) is 32.1. The molecule has 3 atom stereocenters. The van der Waals surface area contributed by atoms with Gasteiger partial charge in [-0.1, -0.05) is 86.1 Å². The fourth-order valence-corrected chi connectivity index (χ4v) is 7.14. The largest absolute Gasteiger partial charge is 0.477 e. The van der Waals surface area contributed by atoms with E-state index in [1.807, 2.05) is 6.92 Å². The van der Waals surface area contributed by atoms with E-state index in [9.17, 15) is 14.7 Å². The number of terminal acetylenes is 1. The molecule has 6 rings (SSSR count). The van der Waals surface area contributed by atoms with Crippen molar-refractivity contribution in [1.82, 2.24) is 9.88 Å². The third-order valence-corrected chi connectivity index (χ3v) is 9.24. The number of fused-ring (bicyclic) bond motifs is 1. The number of aromatic carboxylic acids is 1. The van der Waals surface area contributed by atoms with E-state index in [4.69, 9.17) is 0 Å². The lowest BCUT2D eigenvalue weighted by Crippen LogP contribution is -2.45. The lowest BCUT2D eigenvalue weighted by Gasteiger charge is -2.41. The monoisotopic (exact) mass is 587 g/mol. The van der Waals surface area contributed by atoms with E-state index in [-0.39, 0.29) is 5.56 Å². The first-order valence-electron chi connectivity index (χ1n) is 15.5. The second kappa shape index (κ2) is 14.2. The lowest BCUT2D eigenvalue weighted by atomic mass is 9.77. The van der Waals surface area contributed by atoms with Gasteiger partial charge in [0.2, 0.25) is 0 Å². The minimum Gasteiger partial charge on any atom is -0.477 e. The number of anilines is 1. The SMILES string of the molecule is C#C.CCc1cc(C(=O)O)c(=O)[nH]c1-c1ccc(N2CC3CCC[C@@H](N(Cc4ccccc4)Cc4ccccc4)C3C2)cc1. The van der Waals surface area contributed by atoms with Crippen molar-refractivity contribution in [2.45, 2.75) is 51.7 Å². The molecule has 1 saturated carbocycles. The molecular formula is C38H41N3O3. The lowest BCUT2D eigenvalue weighted by molar-refractivity contribution is 0.0695. The first-order valence-corrected chi connectivity index (χ1v) is 15.5. The van der Waals surface area contributed by atoms with Crippen molar-refractivity contribution in [3.05, 3.63) is 124 Å². The summed E-state index contributed by atoms with van der Waals surface area (Å²) in [5, 5.41) is 9.36. The van der Waals surface area contributed by atoms with E-state index in [0.29, 0.717) is 30.0 Å². The predicted molar refractivity (Wildman–Crippen MR) is 178 cm³/mol. The zero-order chi connectivity index (χ0) is 31.1. The molecule has 44 heavy (non-hydrogen) atoms. The molecule has 0 bridgehead atoms. The zero-order valence-corrected chi connectivity index (χ0v) is 25.4. The Hall–Kier alpha value is -4.60. The van der Waals surface area contributed by atoms with Gasteiger partial charge < -0.3 is 15.0 Å². The number of nitrogens with one attached hydrogen (secondary N) is 1. The minimum atomic E-state index is -1.20. The Morgan fingerprint density at radius 3 is 2.09 bits per heavy atom. The van der Waals surface area contributed by atoms with Gasteiger partial charge >= 0.3 is 5.97 Å². The highest BCUT2D eigenvalue weighted by atomic mass is 16.4. The van der Waals surface area contributed by atoms with Gasteiger partial charge in [0, 0.05) is 37.9 Å². The van der Waals surface area contributed by atoms with Gasteiger partial charge in [-0.05, 0) is 71.6 Å². The number of aromatic amines is 1. The first-order chi connectivity index (χ1) is 21.5. The number of aromatic nitrogens is 1. The van der Waals surface area contributed by atoms with Gasteiger partial charge in [0.05, 0.1) is 5.69 Å². The molecule has 0 spiro atoms. The van der Waals surface area contributed by atoms with Crippen LogP contribution in [0.5, 0.6) is 0 Å². The van der Waals surface area contributed by atoms with E-state index in [1.165, 1.54) is 42.1 Å². The second-order valence-corrected chi connectivity index (χ2v) is 11.8. The van der Waals surface area contributed by atoms with Crippen LogP contribution in [-0.4, -0.2) is 40.1 Å². The van der Waals surface area contributed by atoms with Crippen molar-refractivity contribution < 1.29 is 9.90 Å². The van der Waals surface area contributed by atoms with Crippen LogP contribution in [0.3, 0.4) is 0 Å². The van der Waals surface area contributed by atoms with Crippen molar-refractivity contribution in [2.24, 2.45) is 11.8 Å². The number of rotatable bonds is 9. The van der Waals surface area contributed by atoms with Crippen LogP contribution in [-0.2, 0) is 19.5 Å². The highest BCUT2D eigenvalue weighted by molar-refractivity contribution is 5.88. The highest BCUT2D eigenvalue weighted by Gasteiger charge is 2.42. The molecule has 3 aromatic carbocycles. The first kappa shape index (κ1) is 30.8. The maximum absolute atomic E-state index is 12.4. The van der Waals surface area contributed by atoms with E-state index in [0.717, 1.165) is 37.3 Å². The highest BCUT2D eigenvalue weighted by Crippen LogP contribution is 2.41. The summed E-state index contributed by atoms with van der Waals surface area (Å²) < 4.78 is 0. The van der Waals surface area contributed by atoms with Crippen LogP contribution in [0.4, 0.5) is 5.69 Å². The number of hydrogen-bond donors (Lipinski definition) is 2. The molecule has 2 N–H and O–H groups in total. The van der Waals surface area contributed by atoms with E-state index >= 15 is 0 Å². The predicted octanol–water partition coefficient (Wildman–Crippen LogP) is 6.86. The number of aryl methyl sites for hydroxylation is 1. The van der Waals surface area contributed by atoms with Crippen molar-refractivity contribution in [2.75, 3.05) is 18.0 Å². The number of pyridine rings is 1. The Morgan fingerprint density at radius 2 is 1.52 bits per heavy atom. The number of benzene rings is 3. The molecule has 4 aromatic rings. The summed E-state index contributed by atoms with van der Waals surface area (Å²) in [5.74, 6) is 0.0781. The maximum atomic E-state index is 12.4. The Morgan fingerprint density at radius 1 is 0.909 bits per heavy atom. The molecule has 6 nitrogen and oxygen atoms in total. The summed E-state index contributed by atoms with van der Waals surface area (Å²) in [7, 11) is 0. The fraction of sp³-hybridized carbons (Fsp3) is 0.316. The summed E-state index contributed by atoms with van der Waals surface area (Å²) in [5.41, 5.74) is 5.57. The number of carboxylic acids is 1. The number of H-pyrrole nitrogens is 1. The average molecular weight is 588 g/mol. The summed E-state index contributed by atoms with van der Waals surface area (Å²) in [6.45, 7) is 5.99. The molecular weight excluding hydrogens is 546 g/mol. The molecule has 226 valence electrons. The number of carbonyl (C=O) groups is 1. The Bertz CT molecular complexity index is 1570. The quantitative estimate of drug-likeness (QED) is 0.209. The van der Waals surface area contributed by atoms with Crippen LogP contribution in [0.25, 0.3) is 11.3 Å².